The van der Waals surface area contributed by atoms with Crippen molar-refractivity contribution in [3.05, 3.63) is 0 Å². The van der Waals surface area contributed by atoms with Gasteiger partial charge in [-0.2, -0.15) is 13.2 Å². The van der Waals surface area contributed by atoms with Crippen LogP contribution in [-0.4, -0.2) is 40.1 Å². The Labute approximate surface area is 105 Å². The van der Waals surface area contributed by atoms with Crippen LogP contribution in [0.1, 0.15) is 25.7 Å². The Kier molecular flexibility index (Phi) is 5.42. The number of sulfonamides is 1. The van der Waals surface area contributed by atoms with E-state index < -0.39 is 33.9 Å². The van der Waals surface area contributed by atoms with Crippen LogP contribution in [-0.2, 0) is 14.8 Å². The predicted octanol–water partition coefficient (Wildman–Crippen LogP) is 1.67. The molecule has 0 aromatic carbocycles. The van der Waals surface area contributed by atoms with Gasteiger partial charge in [0.15, 0.2) is 0 Å². The molecule has 0 heterocycles. The number of nitrogens with one attached hydrogen (secondary N) is 1. The van der Waals surface area contributed by atoms with Crippen molar-refractivity contribution in [2.45, 2.75) is 37.9 Å². The fourth-order valence-corrected chi connectivity index (χ4v) is 3.38. The molecule has 1 rings (SSSR count). The van der Waals surface area contributed by atoms with Gasteiger partial charge in [0, 0.05) is 7.11 Å². The number of hydrogen-bond acceptors (Lipinski definition) is 3. The molecule has 1 unspecified atom stereocenters. The molecule has 1 N–H and O–H groups in total. The Morgan fingerprint density at radius 1 is 1.33 bits per heavy atom. The molecule has 0 aromatic heterocycles. The number of rotatable bonds is 6. The van der Waals surface area contributed by atoms with E-state index in [1.807, 2.05) is 0 Å². The summed E-state index contributed by atoms with van der Waals surface area (Å²) in [5.74, 6) is -1.11. The van der Waals surface area contributed by atoms with Crippen LogP contribution in [0.2, 0.25) is 0 Å². The Morgan fingerprint density at radius 3 is 2.33 bits per heavy atom. The van der Waals surface area contributed by atoms with Crippen molar-refractivity contribution in [1.82, 2.24) is 4.72 Å². The van der Waals surface area contributed by atoms with Crippen LogP contribution in [0.15, 0.2) is 0 Å². The Bertz CT molecular complexity index is 350. The highest BCUT2D eigenvalue weighted by Gasteiger charge is 2.47. The summed E-state index contributed by atoms with van der Waals surface area (Å²) in [5, 5.41) is 0. The molecule has 18 heavy (non-hydrogen) atoms. The number of alkyl halides is 3. The number of halogens is 3. The van der Waals surface area contributed by atoms with Gasteiger partial charge in [0.25, 0.3) is 0 Å². The number of hydrogen-bond donors (Lipinski definition) is 1. The molecule has 8 heteroatoms. The van der Waals surface area contributed by atoms with Crippen molar-refractivity contribution in [2.24, 2.45) is 5.92 Å². The first kappa shape index (κ1) is 15.7. The van der Waals surface area contributed by atoms with Crippen molar-refractivity contribution < 1.29 is 26.3 Å². The largest absolute Gasteiger partial charge is 0.405 e. The maximum atomic E-state index is 12.9. The van der Waals surface area contributed by atoms with E-state index in [4.69, 9.17) is 0 Å². The summed E-state index contributed by atoms with van der Waals surface area (Å²) in [6.07, 6.45) is -2.28. The SMILES string of the molecule is COCCS(=O)(=O)NC(C1CCCC1)C(F)(F)F. The van der Waals surface area contributed by atoms with Gasteiger partial charge >= 0.3 is 6.18 Å². The Morgan fingerprint density at radius 2 is 1.89 bits per heavy atom. The average molecular weight is 289 g/mol. The quantitative estimate of drug-likeness (QED) is 0.809. The fraction of sp³-hybridized carbons (Fsp3) is 1.00. The van der Waals surface area contributed by atoms with Gasteiger partial charge < -0.3 is 4.74 Å². The van der Waals surface area contributed by atoms with E-state index in [2.05, 4.69) is 4.74 Å². The lowest BCUT2D eigenvalue weighted by Crippen LogP contribution is -2.50. The van der Waals surface area contributed by atoms with Crippen molar-refractivity contribution in [2.75, 3.05) is 19.5 Å². The van der Waals surface area contributed by atoms with Crippen LogP contribution in [0, 0.1) is 5.92 Å². The third-order valence-electron chi connectivity index (χ3n) is 3.09. The zero-order chi connectivity index (χ0) is 13.8. The molecule has 0 aromatic rings. The van der Waals surface area contributed by atoms with E-state index in [0.717, 1.165) is 12.8 Å². The van der Waals surface area contributed by atoms with Crippen molar-refractivity contribution >= 4 is 10.0 Å². The molecular weight excluding hydrogens is 271 g/mol. The Balaban J connectivity index is 2.72. The molecule has 0 aliphatic heterocycles. The highest BCUT2D eigenvalue weighted by atomic mass is 32.2. The lowest BCUT2D eigenvalue weighted by Gasteiger charge is -2.26. The van der Waals surface area contributed by atoms with Gasteiger partial charge in [0.1, 0.15) is 6.04 Å². The topological polar surface area (TPSA) is 55.4 Å². The minimum atomic E-state index is -4.55. The molecule has 1 aliphatic rings. The normalized spacial score (nSPS) is 20.2. The summed E-state index contributed by atoms with van der Waals surface area (Å²) in [5.41, 5.74) is 0. The molecule has 1 atom stereocenters. The molecule has 1 aliphatic carbocycles. The molecule has 0 radical (unpaired) electrons. The smallest absolute Gasteiger partial charge is 0.384 e. The van der Waals surface area contributed by atoms with Gasteiger partial charge in [-0.25, -0.2) is 13.1 Å². The van der Waals surface area contributed by atoms with E-state index >= 15 is 0 Å². The minimum Gasteiger partial charge on any atom is -0.384 e. The van der Waals surface area contributed by atoms with Crippen LogP contribution in [0.4, 0.5) is 13.2 Å². The summed E-state index contributed by atoms with van der Waals surface area (Å²) < 4.78 is 68.0. The first-order valence-corrected chi connectivity index (χ1v) is 7.47. The van der Waals surface area contributed by atoms with Crippen LogP contribution < -0.4 is 4.72 Å². The maximum absolute atomic E-state index is 12.9. The van der Waals surface area contributed by atoms with Gasteiger partial charge in [-0.05, 0) is 18.8 Å². The van der Waals surface area contributed by atoms with Gasteiger partial charge in [0.05, 0.1) is 12.4 Å². The summed E-state index contributed by atoms with van der Waals surface area (Å²) in [7, 11) is -2.66. The zero-order valence-electron chi connectivity index (χ0n) is 10.2. The summed E-state index contributed by atoms with van der Waals surface area (Å²) >= 11 is 0. The zero-order valence-corrected chi connectivity index (χ0v) is 11.0. The standard InChI is InChI=1S/C10H18F3NO3S/c1-17-6-7-18(15,16)14-9(10(11,12)13)8-4-2-3-5-8/h8-9,14H,2-7H2,1H3. The van der Waals surface area contributed by atoms with Gasteiger partial charge in [0.2, 0.25) is 10.0 Å². The molecule has 1 fully saturated rings. The molecule has 108 valence electrons. The lowest BCUT2D eigenvalue weighted by atomic mass is 9.99. The number of methoxy groups -OCH3 is 1. The van der Waals surface area contributed by atoms with E-state index in [9.17, 15) is 21.6 Å². The highest BCUT2D eigenvalue weighted by molar-refractivity contribution is 7.89. The molecule has 0 spiro atoms. The van der Waals surface area contributed by atoms with Crippen LogP contribution in [0.3, 0.4) is 0 Å². The first-order valence-electron chi connectivity index (χ1n) is 5.82. The first-order chi connectivity index (χ1) is 8.26. The average Bonchev–Trinajstić information content (AvgIpc) is 2.75. The molecule has 0 amide bonds. The summed E-state index contributed by atoms with van der Waals surface area (Å²) in [4.78, 5) is 0. The summed E-state index contributed by atoms with van der Waals surface area (Å²) in [6.45, 7) is -0.120. The van der Waals surface area contributed by atoms with Gasteiger partial charge in [-0.1, -0.05) is 12.8 Å². The predicted molar refractivity (Wildman–Crippen MR) is 60.6 cm³/mol. The third kappa shape index (κ3) is 4.74. The van der Waals surface area contributed by atoms with Crippen LogP contribution >= 0.6 is 0 Å². The van der Waals surface area contributed by atoms with Crippen LogP contribution in [0.5, 0.6) is 0 Å². The Hall–Kier alpha value is -0.340. The second-order valence-corrected chi connectivity index (χ2v) is 6.37. The van der Waals surface area contributed by atoms with Crippen molar-refractivity contribution in [3.8, 4) is 0 Å². The third-order valence-corrected chi connectivity index (χ3v) is 4.40. The molecule has 0 saturated heterocycles. The van der Waals surface area contributed by atoms with E-state index in [1.165, 1.54) is 7.11 Å². The second-order valence-electron chi connectivity index (χ2n) is 4.49. The number of ether oxygens (including phenoxy) is 1. The highest BCUT2D eigenvalue weighted by Crippen LogP contribution is 2.35. The molecule has 0 bridgehead atoms. The van der Waals surface area contributed by atoms with E-state index in [-0.39, 0.29) is 6.61 Å². The van der Waals surface area contributed by atoms with Crippen molar-refractivity contribution in [1.29, 1.82) is 0 Å². The fourth-order valence-electron chi connectivity index (χ4n) is 2.17. The van der Waals surface area contributed by atoms with Gasteiger partial charge in [-0.3, -0.25) is 0 Å². The maximum Gasteiger partial charge on any atom is 0.405 e. The summed E-state index contributed by atoms with van der Waals surface area (Å²) in [6, 6.07) is -1.97. The second kappa shape index (κ2) is 6.21. The molecular formula is C10H18F3NO3S. The molecule has 1 saturated carbocycles. The van der Waals surface area contributed by atoms with Gasteiger partial charge in [-0.15, -0.1) is 0 Å². The van der Waals surface area contributed by atoms with E-state index in [1.54, 1.807) is 4.72 Å². The minimum absolute atomic E-state index is 0.120. The monoisotopic (exact) mass is 289 g/mol. The molecule has 4 nitrogen and oxygen atoms in total. The van der Waals surface area contributed by atoms with E-state index in [0.29, 0.717) is 12.8 Å². The van der Waals surface area contributed by atoms with Crippen LogP contribution in [0.25, 0.3) is 0 Å². The lowest BCUT2D eigenvalue weighted by molar-refractivity contribution is -0.162. The van der Waals surface area contributed by atoms with Crippen molar-refractivity contribution in [3.63, 3.8) is 0 Å².